The number of para-hydroxylation sites is 2. The van der Waals surface area contributed by atoms with Gasteiger partial charge < -0.3 is 15.0 Å². The van der Waals surface area contributed by atoms with Crippen molar-refractivity contribution < 1.29 is 22.7 Å². The molecule has 0 heterocycles. The van der Waals surface area contributed by atoms with Crippen LogP contribution >= 0.6 is 11.6 Å². The fourth-order valence-corrected chi connectivity index (χ4v) is 6.67. The number of nitrogens with one attached hydrogen (secondary N) is 1. The minimum absolute atomic E-state index is 0.0391. The maximum Gasteiger partial charge on any atom is 0.264 e. The number of carbonyl (C=O) groups excluding carboxylic acids is 2. The molecule has 4 rings (SSSR count). The summed E-state index contributed by atoms with van der Waals surface area (Å²) in [6.45, 7) is 5.96. The Morgan fingerprint density at radius 3 is 2.22 bits per heavy atom. The zero-order valence-electron chi connectivity index (χ0n) is 26.4. The van der Waals surface area contributed by atoms with Gasteiger partial charge in [-0.25, -0.2) is 8.42 Å². The van der Waals surface area contributed by atoms with Crippen molar-refractivity contribution in [1.29, 1.82) is 0 Å². The fraction of sp³-hybridized carbons (Fsp3) is 0.278. The van der Waals surface area contributed by atoms with Crippen molar-refractivity contribution in [2.24, 2.45) is 0 Å². The van der Waals surface area contributed by atoms with Gasteiger partial charge in [0.05, 0.1) is 17.2 Å². The molecule has 0 aliphatic carbocycles. The van der Waals surface area contributed by atoms with E-state index in [0.717, 1.165) is 27.4 Å². The molecule has 46 heavy (non-hydrogen) atoms. The van der Waals surface area contributed by atoms with Crippen LogP contribution in [0.2, 0.25) is 5.02 Å². The van der Waals surface area contributed by atoms with Crippen LogP contribution in [-0.2, 0) is 32.6 Å². The summed E-state index contributed by atoms with van der Waals surface area (Å²) in [6, 6.07) is 28.7. The predicted molar refractivity (Wildman–Crippen MR) is 183 cm³/mol. The summed E-state index contributed by atoms with van der Waals surface area (Å²) in [5.74, 6) is -0.548. The number of amides is 2. The first kappa shape index (κ1) is 34.5. The Bertz CT molecular complexity index is 1720. The van der Waals surface area contributed by atoms with Gasteiger partial charge in [-0.15, -0.1) is 0 Å². The van der Waals surface area contributed by atoms with E-state index in [1.807, 2.05) is 68.4 Å². The molecule has 1 atom stereocenters. The molecule has 0 radical (unpaired) electrons. The number of aryl methyl sites for hydroxylation is 1. The van der Waals surface area contributed by atoms with Crippen LogP contribution in [0.5, 0.6) is 5.75 Å². The number of benzene rings is 4. The molecule has 10 heteroatoms. The number of carbonyl (C=O) groups is 2. The van der Waals surface area contributed by atoms with Crippen LogP contribution in [-0.4, -0.2) is 50.9 Å². The van der Waals surface area contributed by atoms with Crippen LogP contribution < -0.4 is 14.4 Å². The first-order valence-electron chi connectivity index (χ1n) is 15.3. The van der Waals surface area contributed by atoms with Gasteiger partial charge in [0.25, 0.3) is 10.0 Å². The molecule has 1 N–H and O–H groups in total. The SMILES string of the molecule is CCCNC(=O)[C@@H](Cc1ccccc1)N(Cc1cccc(C)c1)C(=O)CN(c1ccccc1OCC)S(=O)(=O)c1ccc(Cl)cc1. The van der Waals surface area contributed by atoms with Crippen molar-refractivity contribution in [3.05, 3.63) is 125 Å². The number of anilines is 1. The van der Waals surface area contributed by atoms with Gasteiger partial charge >= 0.3 is 0 Å². The molecule has 0 aromatic heterocycles. The molecule has 4 aromatic rings. The number of rotatable bonds is 15. The quantitative estimate of drug-likeness (QED) is 0.159. The first-order valence-corrected chi connectivity index (χ1v) is 17.1. The second kappa shape index (κ2) is 16.3. The summed E-state index contributed by atoms with van der Waals surface area (Å²) in [6.07, 6.45) is 0.963. The molecule has 0 aliphatic heterocycles. The van der Waals surface area contributed by atoms with E-state index in [-0.39, 0.29) is 36.1 Å². The summed E-state index contributed by atoms with van der Waals surface area (Å²) in [4.78, 5) is 29.8. The third-order valence-electron chi connectivity index (χ3n) is 7.37. The molecular formula is C36H40ClN3O5S. The standard InChI is InChI=1S/C36H40ClN3O5S/c1-4-22-38-36(42)33(24-28-13-7-6-8-14-28)39(25-29-15-11-12-27(3)23-29)35(41)26-40(32-16-9-10-17-34(32)45-5-2)46(43,44)31-20-18-30(37)19-21-31/h6-21,23,33H,4-5,22,24-26H2,1-3H3,(H,38,42)/t33-/m1/s1. The molecule has 0 fully saturated rings. The molecule has 4 aromatic carbocycles. The molecule has 0 unspecified atom stereocenters. The van der Waals surface area contributed by atoms with Gasteiger partial charge in [0.2, 0.25) is 11.8 Å². The summed E-state index contributed by atoms with van der Waals surface area (Å²) in [5, 5.41) is 3.34. The lowest BCUT2D eigenvalue weighted by Crippen LogP contribution is -2.53. The van der Waals surface area contributed by atoms with E-state index in [1.54, 1.807) is 31.2 Å². The number of nitrogens with zero attached hydrogens (tertiary/aromatic N) is 2. The number of hydrogen-bond donors (Lipinski definition) is 1. The van der Waals surface area contributed by atoms with Gasteiger partial charge in [0, 0.05) is 24.5 Å². The van der Waals surface area contributed by atoms with E-state index < -0.39 is 28.5 Å². The van der Waals surface area contributed by atoms with Crippen LogP contribution in [0.4, 0.5) is 5.69 Å². The van der Waals surface area contributed by atoms with Crippen molar-refractivity contribution in [2.45, 2.75) is 51.1 Å². The summed E-state index contributed by atoms with van der Waals surface area (Å²) < 4.78 is 35.4. The molecule has 0 saturated heterocycles. The van der Waals surface area contributed by atoms with Gasteiger partial charge in [-0.3, -0.25) is 13.9 Å². The average Bonchev–Trinajstić information content (AvgIpc) is 3.05. The third-order valence-corrected chi connectivity index (χ3v) is 9.40. The van der Waals surface area contributed by atoms with Crippen LogP contribution in [0.1, 0.15) is 37.0 Å². The Morgan fingerprint density at radius 2 is 1.54 bits per heavy atom. The third kappa shape index (κ3) is 8.89. The van der Waals surface area contributed by atoms with Gasteiger partial charge in [-0.2, -0.15) is 0 Å². The number of halogens is 1. The Kier molecular flexibility index (Phi) is 12.2. The molecular weight excluding hydrogens is 622 g/mol. The summed E-state index contributed by atoms with van der Waals surface area (Å²) >= 11 is 6.08. The van der Waals surface area contributed by atoms with E-state index in [4.69, 9.17) is 16.3 Å². The maximum absolute atomic E-state index is 14.6. The molecule has 242 valence electrons. The number of ether oxygens (including phenoxy) is 1. The van der Waals surface area contributed by atoms with Crippen LogP contribution in [0.3, 0.4) is 0 Å². The minimum atomic E-state index is -4.29. The van der Waals surface area contributed by atoms with Gasteiger partial charge in [0.15, 0.2) is 0 Å². The smallest absolute Gasteiger partial charge is 0.264 e. The summed E-state index contributed by atoms with van der Waals surface area (Å²) in [7, 11) is -4.29. The predicted octanol–water partition coefficient (Wildman–Crippen LogP) is 6.41. The lowest BCUT2D eigenvalue weighted by molar-refractivity contribution is -0.140. The van der Waals surface area contributed by atoms with E-state index in [0.29, 0.717) is 17.3 Å². The topological polar surface area (TPSA) is 96.0 Å². The maximum atomic E-state index is 14.6. The Morgan fingerprint density at radius 1 is 0.870 bits per heavy atom. The lowest BCUT2D eigenvalue weighted by atomic mass is 10.0. The minimum Gasteiger partial charge on any atom is -0.492 e. The molecule has 8 nitrogen and oxygen atoms in total. The number of sulfonamides is 1. The lowest BCUT2D eigenvalue weighted by Gasteiger charge is -2.34. The molecule has 0 bridgehead atoms. The van der Waals surface area contributed by atoms with Crippen LogP contribution in [0.15, 0.2) is 108 Å². The normalized spacial score (nSPS) is 11.8. The highest BCUT2D eigenvalue weighted by Gasteiger charge is 2.35. The van der Waals surface area contributed by atoms with Crippen molar-refractivity contribution >= 4 is 39.1 Å². The van der Waals surface area contributed by atoms with Gasteiger partial charge in [0.1, 0.15) is 18.3 Å². The molecule has 0 aliphatic rings. The highest BCUT2D eigenvalue weighted by atomic mass is 35.5. The fourth-order valence-electron chi connectivity index (χ4n) is 5.12. The zero-order chi connectivity index (χ0) is 33.1. The molecule has 2 amide bonds. The largest absolute Gasteiger partial charge is 0.492 e. The van der Waals surface area contributed by atoms with E-state index in [2.05, 4.69) is 5.32 Å². The highest BCUT2D eigenvalue weighted by molar-refractivity contribution is 7.92. The monoisotopic (exact) mass is 661 g/mol. The second-order valence-electron chi connectivity index (χ2n) is 10.9. The van der Waals surface area contributed by atoms with E-state index >= 15 is 0 Å². The van der Waals surface area contributed by atoms with Crippen molar-refractivity contribution in [3.63, 3.8) is 0 Å². The van der Waals surface area contributed by atoms with Crippen molar-refractivity contribution in [2.75, 3.05) is 24.0 Å². The van der Waals surface area contributed by atoms with Crippen molar-refractivity contribution in [1.82, 2.24) is 10.2 Å². The van der Waals surface area contributed by atoms with Crippen LogP contribution in [0, 0.1) is 6.92 Å². The summed E-state index contributed by atoms with van der Waals surface area (Å²) in [5.41, 5.74) is 2.89. The Balaban J connectivity index is 1.83. The van der Waals surface area contributed by atoms with Gasteiger partial charge in [-0.1, -0.05) is 90.8 Å². The molecule has 0 saturated carbocycles. The Hall–Kier alpha value is -4.34. The van der Waals surface area contributed by atoms with E-state index in [1.165, 1.54) is 29.2 Å². The van der Waals surface area contributed by atoms with Crippen LogP contribution in [0.25, 0.3) is 0 Å². The van der Waals surface area contributed by atoms with Gasteiger partial charge in [-0.05, 0) is 67.8 Å². The number of hydrogen-bond acceptors (Lipinski definition) is 5. The van der Waals surface area contributed by atoms with E-state index in [9.17, 15) is 18.0 Å². The van der Waals surface area contributed by atoms with Crippen molar-refractivity contribution in [3.8, 4) is 5.75 Å². The first-order chi connectivity index (χ1) is 22.1. The highest BCUT2D eigenvalue weighted by Crippen LogP contribution is 2.33. The molecule has 0 spiro atoms. The zero-order valence-corrected chi connectivity index (χ0v) is 27.9. The second-order valence-corrected chi connectivity index (χ2v) is 13.2. The average molecular weight is 662 g/mol. The Labute approximate surface area is 277 Å².